The van der Waals surface area contributed by atoms with Crippen molar-refractivity contribution in [3.8, 4) is 0 Å². The molecule has 0 saturated carbocycles. The number of nitrogens with zero attached hydrogens (tertiary/aromatic N) is 2. The zero-order valence-electron chi connectivity index (χ0n) is 64.2. The number of piperidine rings is 1. The van der Waals surface area contributed by atoms with Crippen LogP contribution in [0.25, 0.3) is 43.6 Å². The molecule has 0 spiro atoms. The number of carbonyl (C=O) groups excluding carboxylic acids is 12. The van der Waals surface area contributed by atoms with E-state index in [4.69, 9.17) is 5.73 Å². The lowest BCUT2D eigenvalue weighted by molar-refractivity contribution is -0.150. The van der Waals surface area contributed by atoms with Crippen LogP contribution in [-0.2, 0) is 99.5 Å². The number of aromatic amines is 4. The zero-order valence-corrected chi connectivity index (χ0v) is 66.6. The van der Waals surface area contributed by atoms with Crippen molar-refractivity contribution in [1.29, 1.82) is 0 Å². The number of H-pyrrole nitrogens is 4. The Morgan fingerprint density at radius 3 is 1.66 bits per heavy atom. The van der Waals surface area contributed by atoms with Crippen LogP contribution in [0.5, 0.6) is 0 Å². The van der Waals surface area contributed by atoms with Gasteiger partial charge in [0.05, 0.1) is 13.2 Å². The number of hydrogen-bond acceptors (Lipinski definition) is 18. The van der Waals surface area contributed by atoms with Crippen molar-refractivity contribution in [2.75, 3.05) is 49.8 Å². The number of piperazine rings is 1. The first kappa shape index (κ1) is 84.7. The van der Waals surface area contributed by atoms with Gasteiger partial charge in [0.1, 0.15) is 73.0 Å². The van der Waals surface area contributed by atoms with Crippen LogP contribution in [0.4, 0.5) is 0 Å². The summed E-state index contributed by atoms with van der Waals surface area (Å²) in [5.41, 5.74) is 12.1. The number of carboxylic acid groups (broad SMARTS) is 1. The topological polar surface area (TPSA) is 487 Å². The molecule has 18 N–H and O–H groups in total. The molecule has 3 aliphatic rings. The minimum atomic E-state index is -1.75. The van der Waals surface area contributed by atoms with Crippen LogP contribution in [0.1, 0.15) is 66.0 Å². The summed E-state index contributed by atoms with van der Waals surface area (Å²) in [6, 6.07) is 20.0. The molecule has 2 fully saturated rings. The summed E-state index contributed by atoms with van der Waals surface area (Å²) in [6.45, 7) is -0.537. The number of nitrogens with two attached hydrogens (primary N) is 1. The molecule has 4 aromatic heterocycles. The van der Waals surface area contributed by atoms with Crippen molar-refractivity contribution in [2.24, 2.45) is 11.7 Å². The van der Waals surface area contributed by atoms with Crippen LogP contribution in [0, 0.1) is 5.92 Å². The Hall–Kier alpha value is -11.7. The number of carboxylic acids is 1. The first-order valence-corrected chi connectivity index (χ1v) is 42.1. The molecule has 35 heteroatoms. The maximum Gasteiger partial charge on any atom is 0.303 e. The first-order valence-electron chi connectivity index (χ1n) is 38.4. The Labute approximate surface area is 684 Å². The maximum atomic E-state index is 15.8. The van der Waals surface area contributed by atoms with Gasteiger partial charge in [-0.2, -0.15) is 35.3 Å². The van der Waals surface area contributed by atoms with Gasteiger partial charge in [0.25, 0.3) is 0 Å². The Balaban J connectivity index is 0.849. The SMILES string of the molecule is CSCCC1C(=O)NC(C(=O)NC(CO)C(N)=O)CSCc2cccc(c2)CSCC(NC(=O)C(Cc2c[nH]c3ccccc23)NC(=O)C(Cc2c[nH]c3ccccc23)NC(=O)C(CCC(=O)O)NC(=O)C(Cc2c[nH]c3ccccc23)N2CC(=O)NC(Cc3c[nH]c4ccccc34)C2=O)C(=O)NC(CO)C(=O)NC2CC(C)CN1C2=O. The number of para-hydroxylation sites is 4. The summed E-state index contributed by atoms with van der Waals surface area (Å²) in [5, 5.41) is 58.4. The number of amides is 12. The lowest BCUT2D eigenvalue weighted by atomic mass is 9.92. The van der Waals surface area contributed by atoms with Gasteiger partial charge in [-0.15, -0.1) is 0 Å². The van der Waals surface area contributed by atoms with Crippen LogP contribution in [0.2, 0.25) is 0 Å². The molecule has 12 atom stereocenters. The van der Waals surface area contributed by atoms with Gasteiger partial charge in [0.2, 0.25) is 70.9 Å². The molecule has 117 heavy (non-hydrogen) atoms. The molecule has 7 heterocycles. The molecule has 9 aromatic rings. The van der Waals surface area contributed by atoms with Crippen molar-refractivity contribution in [2.45, 2.75) is 136 Å². The predicted molar refractivity (Wildman–Crippen MR) is 442 cm³/mol. The summed E-state index contributed by atoms with van der Waals surface area (Å²) in [6.07, 6.45) is 6.74. The number of carbonyl (C=O) groups is 13. The zero-order chi connectivity index (χ0) is 83.0. The average Bonchev–Trinajstić information content (AvgIpc) is 1.71. The third-order valence-corrected chi connectivity index (χ3v) is 24.0. The number of aromatic nitrogens is 4. The van der Waals surface area contributed by atoms with Gasteiger partial charge in [-0.1, -0.05) is 104 Å². The normalized spacial score (nSPS) is 20.6. The fourth-order valence-electron chi connectivity index (χ4n) is 15.1. The van der Waals surface area contributed by atoms with Gasteiger partial charge in [0.15, 0.2) is 0 Å². The number of thioether (sulfide) groups is 3. The van der Waals surface area contributed by atoms with E-state index < -0.39 is 176 Å². The lowest BCUT2D eigenvalue weighted by Crippen LogP contribution is -2.65. The summed E-state index contributed by atoms with van der Waals surface area (Å²) >= 11 is 3.85. The second kappa shape index (κ2) is 39.3. The number of benzene rings is 5. The largest absolute Gasteiger partial charge is 0.481 e. The highest BCUT2D eigenvalue weighted by atomic mass is 32.2. The predicted octanol–water partition coefficient (Wildman–Crippen LogP) is 1.96. The van der Waals surface area contributed by atoms with E-state index in [0.29, 0.717) is 55.2 Å². The van der Waals surface area contributed by atoms with E-state index in [1.165, 1.54) is 40.2 Å². The number of hydrogen-bond donors (Lipinski definition) is 17. The van der Waals surface area contributed by atoms with Gasteiger partial charge in [-0.25, -0.2) is 0 Å². The van der Waals surface area contributed by atoms with Crippen molar-refractivity contribution >= 4 is 156 Å². The standard InChI is InChI=1S/C82H94N16O16S3/c1-44-26-62-81(113)97(36-44)68(24-25-115-2)79(111)96-67(77(109)93-64(38-99)72(83)104)43-117-41-46-13-11-12-45(27-46)40-116-42-66(78(110)94-65(39-100)76(108)92-62)95-75(107)61(29-48-33-85-56-19-8-4-15-52(48)56)91-74(106)60(28-47-32-84-55-18-7-3-14-51(47)55)90-73(105)59(22-23-71(102)103)89-80(112)69(31-50-35-87-58-21-10-6-17-54(50)58)98-37-70(101)88-63(82(98)114)30-49-34-86-57-20-9-5-16-53(49)57/h3-21,27,32-35,44,59-69,84-87,99-100H,22-26,28-31,36-43H2,1-2H3,(H2,83,104)(H,88,101)(H,89,112)(H,90,105)(H,91,106)(H,92,108)(H,93,109)(H,94,110)(H,95,107)(H,96,111)(H,102,103). The molecule has 32 nitrogen and oxygen atoms in total. The van der Waals surface area contributed by atoms with Crippen LogP contribution < -0.4 is 53.6 Å². The highest BCUT2D eigenvalue weighted by Crippen LogP contribution is 2.29. The average molecular weight is 1660 g/mol. The first-order chi connectivity index (χ1) is 56.4. The van der Waals surface area contributed by atoms with Gasteiger partial charge in [-0.05, 0) is 94.8 Å². The molecule has 12 unspecified atom stereocenters. The molecule has 12 amide bonds. The minimum Gasteiger partial charge on any atom is -0.481 e. The quantitative estimate of drug-likeness (QED) is 0.0333. The van der Waals surface area contributed by atoms with Gasteiger partial charge < -0.3 is 98.6 Å². The van der Waals surface area contributed by atoms with Gasteiger partial charge >= 0.3 is 5.97 Å². The number of aliphatic hydroxyl groups excluding tert-OH is 2. The Morgan fingerprint density at radius 1 is 0.573 bits per heavy atom. The molecular formula is C82H94N16O16S3. The van der Waals surface area contributed by atoms with Gasteiger partial charge in [0, 0.05) is 130 Å². The third-order valence-electron chi connectivity index (χ3n) is 21.2. The molecule has 616 valence electrons. The molecular weight excluding hydrogens is 1560 g/mol. The number of fused-ring (bicyclic) bond motifs is 8. The van der Waals surface area contributed by atoms with Crippen LogP contribution >= 0.6 is 35.3 Å². The van der Waals surface area contributed by atoms with Crippen molar-refractivity contribution < 1.29 is 77.6 Å². The van der Waals surface area contributed by atoms with E-state index in [-0.39, 0.29) is 74.0 Å². The Morgan fingerprint density at radius 2 is 1.10 bits per heavy atom. The molecule has 3 aliphatic heterocycles. The summed E-state index contributed by atoms with van der Waals surface area (Å²) < 4.78 is 0. The fraction of sp³-hybridized carbons (Fsp3) is 0.378. The number of rotatable bonds is 28. The lowest BCUT2D eigenvalue weighted by Gasteiger charge is -2.41. The summed E-state index contributed by atoms with van der Waals surface area (Å²) in [4.78, 5) is 204. The second-order valence-corrected chi connectivity index (χ2v) is 32.6. The highest BCUT2D eigenvalue weighted by molar-refractivity contribution is 7.99. The minimum absolute atomic E-state index is 0.0395. The van der Waals surface area contributed by atoms with E-state index in [9.17, 15) is 53.7 Å². The molecule has 0 aliphatic carbocycles. The van der Waals surface area contributed by atoms with Crippen molar-refractivity contribution in [1.82, 2.24) is 77.6 Å². The van der Waals surface area contributed by atoms with E-state index in [1.807, 2.05) is 66.9 Å². The molecule has 0 radical (unpaired) electrons. The number of primary amides is 1. The Kier molecular flexibility index (Phi) is 28.5. The maximum absolute atomic E-state index is 15.8. The Bertz CT molecular complexity index is 5180. The number of nitrogens with one attached hydrogen (secondary N) is 13. The van der Waals surface area contributed by atoms with E-state index in [1.54, 1.807) is 92.4 Å². The molecule has 4 bridgehead atoms. The van der Waals surface area contributed by atoms with E-state index in [2.05, 4.69) is 67.8 Å². The summed E-state index contributed by atoms with van der Waals surface area (Å²) in [5.74, 6) is -11.3. The fourth-order valence-corrected chi connectivity index (χ4v) is 17.6. The number of aliphatic carboxylic acids is 1. The monoisotopic (exact) mass is 1650 g/mol. The second-order valence-electron chi connectivity index (χ2n) is 29.5. The highest BCUT2D eigenvalue weighted by Gasteiger charge is 2.45. The molecule has 12 rings (SSSR count). The van der Waals surface area contributed by atoms with E-state index >= 15 is 24.0 Å². The number of aliphatic hydroxyl groups is 2. The molecule has 2 saturated heterocycles. The van der Waals surface area contributed by atoms with E-state index in [0.717, 1.165) is 32.5 Å². The summed E-state index contributed by atoms with van der Waals surface area (Å²) in [7, 11) is 0. The van der Waals surface area contributed by atoms with Crippen LogP contribution in [0.15, 0.2) is 146 Å². The van der Waals surface area contributed by atoms with Crippen molar-refractivity contribution in [3.63, 3.8) is 0 Å². The van der Waals surface area contributed by atoms with Crippen LogP contribution in [-0.4, -0.2) is 238 Å². The van der Waals surface area contributed by atoms with Crippen molar-refractivity contribution in [3.05, 3.63) is 179 Å². The third kappa shape index (κ3) is 21.1. The smallest absolute Gasteiger partial charge is 0.303 e. The molecule has 5 aromatic carbocycles. The van der Waals surface area contributed by atoms with Gasteiger partial charge in [-0.3, -0.25) is 62.3 Å². The van der Waals surface area contributed by atoms with Crippen LogP contribution in [0.3, 0.4) is 0 Å².